The number of methoxy groups -OCH3 is 1. The minimum atomic E-state index is 0.491. The predicted octanol–water partition coefficient (Wildman–Crippen LogP) is 3.15. The van der Waals surface area contributed by atoms with Crippen LogP contribution in [0.1, 0.15) is 5.56 Å². The molecule has 0 amide bonds. The highest BCUT2D eigenvalue weighted by atomic mass is 16.5. The minimum absolute atomic E-state index is 0.491. The molecule has 3 aromatic rings. The van der Waals surface area contributed by atoms with Crippen molar-refractivity contribution in [2.45, 2.75) is 6.61 Å². The first kappa shape index (κ1) is 11.6. The molecule has 0 aliphatic rings. The summed E-state index contributed by atoms with van der Waals surface area (Å²) in [6, 6.07) is 16.3. The van der Waals surface area contributed by atoms with E-state index in [4.69, 9.17) is 9.47 Å². The van der Waals surface area contributed by atoms with Gasteiger partial charge >= 0.3 is 0 Å². The van der Waals surface area contributed by atoms with Gasteiger partial charge < -0.3 is 14.5 Å². The molecule has 0 saturated heterocycles. The Morgan fingerprint density at radius 3 is 2.68 bits per heavy atom. The number of rotatable bonds is 4. The van der Waals surface area contributed by atoms with Crippen LogP contribution in [0.4, 0.5) is 0 Å². The third kappa shape index (κ3) is 2.38. The van der Waals surface area contributed by atoms with Crippen LogP contribution < -0.4 is 9.47 Å². The lowest BCUT2D eigenvalue weighted by molar-refractivity contribution is 0.309. The molecule has 4 nitrogen and oxygen atoms in total. The van der Waals surface area contributed by atoms with E-state index in [0.717, 1.165) is 22.3 Å². The highest BCUT2D eigenvalue weighted by molar-refractivity contribution is 5.82. The maximum Gasteiger partial charge on any atom is 0.294 e. The molecule has 2 aromatic carbocycles. The Kier molecular flexibility index (Phi) is 3.06. The number of benzene rings is 2. The number of ether oxygens (including phenoxy) is 2. The molecule has 4 heteroatoms. The highest BCUT2D eigenvalue weighted by Crippen LogP contribution is 2.26. The van der Waals surface area contributed by atoms with Crippen LogP contribution >= 0.6 is 0 Å². The van der Waals surface area contributed by atoms with Crippen LogP contribution in [0.3, 0.4) is 0 Å². The summed E-state index contributed by atoms with van der Waals surface area (Å²) in [6.45, 7) is 0.523. The van der Waals surface area contributed by atoms with Gasteiger partial charge in [0.25, 0.3) is 6.01 Å². The highest BCUT2D eigenvalue weighted by Gasteiger charge is 2.08. The molecule has 1 aromatic heterocycles. The molecule has 0 fully saturated rings. The lowest BCUT2D eigenvalue weighted by Gasteiger charge is -2.06. The van der Waals surface area contributed by atoms with Crippen molar-refractivity contribution in [2.75, 3.05) is 7.11 Å². The average molecular weight is 254 g/mol. The van der Waals surface area contributed by atoms with Crippen LogP contribution in [0.25, 0.3) is 11.0 Å². The standard InChI is InChI=1S/C15H14N2O2/c1-18-15-16-12-8-5-9-13(14(12)17-15)19-10-11-6-3-2-4-7-11/h2-9H,10H2,1H3,(H,16,17). The number of imidazole rings is 1. The van der Waals surface area contributed by atoms with Gasteiger partial charge in [0.15, 0.2) is 0 Å². The van der Waals surface area contributed by atoms with E-state index in [9.17, 15) is 0 Å². The summed E-state index contributed by atoms with van der Waals surface area (Å²) in [6.07, 6.45) is 0. The third-order valence-electron chi connectivity index (χ3n) is 2.88. The van der Waals surface area contributed by atoms with Gasteiger partial charge in [-0.3, -0.25) is 0 Å². The van der Waals surface area contributed by atoms with Gasteiger partial charge in [0.2, 0.25) is 0 Å². The Hall–Kier alpha value is -2.49. The molecule has 0 spiro atoms. The molecule has 96 valence electrons. The molecule has 0 unspecified atom stereocenters. The Morgan fingerprint density at radius 1 is 1.05 bits per heavy atom. The van der Waals surface area contributed by atoms with Crippen molar-refractivity contribution in [3.63, 3.8) is 0 Å². The Labute approximate surface area is 111 Å². The lowest BCUT2D eigenvalue weighted by Crippen LogP contribution is -1.95. The molecule has 0 atom stereocenters. The summed E-state index contributed by atoms with van der Waals surface area (Å²) in [5.41, 5.74) is 2.82. The van der Waals surface area contributed by atoms with E-state index in [1.165, 1.54) is 0 Å². The second-order valence-corrected chi connectivity index (χ2v) is 4.17. The van der Waals surface area contributed by atoms with Crippen LogP contribution in [0.5, 0.6) is 11.8 Å². The molecule has 0 aliphatic carbocycles. The van der Waals surface area contributed by atoms with Crippen molar-refractivity contribution in [3.8, 4) is 11.8 Å². The van der Waals surface area contributed by atoms with Gasteiger partial charge in [0.1, 0.15) is 17.9 Å². The molecule has 0 radical (unpaired) electrons. The Bertz CT molecular complexity index is 677. The zero-order valence-electron chi connectivity index (χ0n) is 10.6. The van der Waals surface area contributed by atoms with E-state index in [0.29, 0.717) is 12.6 Å². The fourth-order valence-electron chi connectivity index (χ4n) is 1.93. The molecular weight excluding hydrogens is 240 g/mol. The van der Waals surface area contributed by atoms with Crippen LogP contribution in [-0.4, -0.2) is 17.1 Å². The van der Waals surface area contributed by atoms with Gasteiger partial charge in [-0.25, -0.2) is 0 Å². The summed E-state index contributed by atoms with van der Waals surface area (Å²) in [5.74, 6) is 0.751. The molecular formula is C15H14N2O2. The fourth-order valence-corrected chi connectivity index (χ4v) is 1.93. The van der Waals surface area contributed by atoms with Crippen LogP contribution in [0.15, 0.2) is 48.5 Å². The van der Waals surface area contributed by atoms with Crippen LogP contribution in [0.2, 0.25) is 0 Å². The maximum atomic E-state index is 5.83. The Balaban J connectivity index is 1.86. The number of aromatic nitrogens is 2. The minimum Gasteiger partial charge on any atom is -0.487 e. The second kappa shape index (κ2) is 5.02. The number of fused-ring (bicyclic) bond motifs is 1. The van der Waals surface area contributed by atoms with Crippen molar-refractivity contribution in [3.05, 3.63) is 54.1 Å². The molecule has 3 rings (SSSR count). The van der Waals surface area contributed by atoms with E-state index in [1.807, 2.05) is 48.5 Å². The van der Waals surface area contributed by atoms with Crippen LogP contribution in [-0.2, 0) is 6.61 Å². The van der Waals surface area contributed by atoms with Crippen molar-refractivity contribution >= 4 is 11.0 Å². The SMILES string of the molecule is COc1nc2c(OCc3ccccc3)cccc2[nH]1. The van der Waals surface area contributed by atoms with Crippen molar-refractivity contribution in [1.29, 1.82) is 0 Å². The number of hydrogen-bond acceptors (Lipinski definition) is 3. The van der Waals surface area contributed by atoms with Gasteiger partial charge in [-0.05, 0) is 17.7 Å². The zero-order valence-corrected chi connectivity index (χ0v) is 10.6. The first-order chi connectivity index (χ1) is 9.36. The second-order valence-electron chi connectivity index (χ2n) is 4.17. The van der Waals surface area contributed by atoms with Gasteiger partial charge in [-0.2, -0.15) is 4.98 Å². The molecule has 0 aliphatic heterocycles. The molecule has 1 N–H and O–H groups in total. The van der Waals surface area contributed by atoms with Crippen molar-refractivity contribution in [2.24, 2.45) is 0 Å². The number of para-hydroxylation sites is 1. The number of nitrogens with zero attached hydrogens (tertiary/aromatic N) is 1. The number of nitrogens with one attached hydrogen (secondary N) is 1. The molecule has 1 heterocycles. The number of H-pyrrole nitrogens is 1. The van der Waals surface area contributed by atoms with Gasteiger partial charge in [0, 0.05) is 0 Å². The average Bonchev–Trinajstić information content (AvgIpc) is 2.90. The molecule has 0 saturated carbocycles. The van der Waals surface area contributed by atoms with Crippen molar-refractivity contribution < 1.29 is 9.47 Å². The summed E-state index contributed by atoms with van der Waals surface area (Å²) in [5, 5.41) is 0. The topological polar surface area (TPSA) is 47.1 Å². The first-order valence-corrected chi connectivity index (χ1v) is 6.06. The van der Waals surface area contributed by atoms with E-state index in [1.54, 1.807) is 7.11 Å². The molecule has 0 bridgehead atoms. The van der Waals surface area contributed by atoms with E-state index >= 15 is 0 Å². The van der Waals surface area contributed by atoms with Gasteiger partial charge in [0.05, 0.1) is 12.6 Å². The lowest BCUT2D eigenvalue weighted by atomic mass is 10.2. The first-order valence-electron chi connectivity index (χ1n) is 6.06. The predicted molar refractivity (Wildman–Crippen MR) is 73.4 cm³/mol. The zero-order chi connectivity index (χ0) is 13.1. The van der Waals surface area contributed by atoms with Crippen molar-refractivity contribution in [1.82, 2.24) is 9.97 Å². The van der Waals surface area contributed by atoms with E-state index < -0.39 is 0 Å². The summed E-state index contributed by atoms with van der Waals surface area (Å²) >= 11 is 0. The van der Waals surface area contributed by atoms with Gasteiger partial charge in [-0.1, -0.05) is 36.4 Å². The van der Waals surface area contributed by atoms with Crippen LogP contribution in [0, 0.1) is 0 Å². The number of aromatic amines is 1. The molecule has 19 heavy (non-hydrogen) atoms. The monoisotopic (exact) mass is 254 g/mol. The summed E-state index contributed by atoms with van der Waals surface area (Å²) in [4.78, 5) is 7.41. The summed E-state index contributed by atoms with van der Waals surface area (Å²) < 4.78 is 10.9. The third-order valence-corrected chi connectivity index (χ3v) is 2.88. The normalized spacial score (nSPS) is 10.6. The largest absolute Gasteiger partial charge is 0.487 e. The van der Waals surface area contributed by atoms with E-state index in [2.05, 4.69) is 9.97 Å². The van der Waals surface area contributed by atoms with Gasteiger partial charge in [-0.15, -0.1) is 0 Å². The summed E-state index contributed by atoms with van der Waals surface area (Å²) in [7, 11) is 1.59. The van der Waals surface area contributed by atoms with E-state index in [-0.39, 0.29) is 0 Å². The quantitative estimate of drug-likeness (QED) is 0.778. The Morgan fingerprint density at radius 2 is 1.89 bits per heavy atom. The smallest absolute Gasteiger partial charge is 0.294 e. The fraction of sp³-hybridized carbons (Fsp3) is 0.133. The maximum absolute atomic E-state index is 5.83. The number of hydrogen-bond donors (Lipinski definition) is 1.